The molecule has 0 spiro atoms. The van der Waals surface area contributed by atoms with Crippen molar-refractivity contribution in [3.63, 3.8) is 0 Å². The zero-order valence-corrected chi connectivity index (χ0v) is 12.5. The molecule has 1 aliphatic heterocycles. The summed E-state index contributed by atoms with van der Waals surface area (Å²) >= 11 is 1.90. The Morgan fingerprint density at radius 1 is 1.38 bits per heavy atom. The number of hydrogen-bond acceptors (Lipinski definition) is 4. The zero-order valence-electron chi connectivity index (χ0n) is 11.6. The van der Waals surface area contributed by atoms with Crippen LogP contribution < -0.4 is 10.6 Å². The number of thioether (sulfide) groups is 1. The molecule has 5 nitrogen and oxygen atoms in total. The molecule has 21 heavy (non-hydrogen) atoms. The van der Waals surface area contributed by atoms with Crippen molar-refractivity contribution in [2.24, 2.45) is 0 Å². The van der Waals surface area contributed by atoms with Crippen LogP contribution in [0.5, 0.6) is 0 Å². The van der Waals surface area contributed by atoms with Gasteiger partial charge in [-0.25, -0.2) is 4.98 Å². The van der Waals surface area contributed by atoms with E-state index in [0.717, 1.165) is 35.1 Å². The Morgan fingerprint density at radius 2 is 2.24 bits per heavy atom. The molecule has 0 bridgehead atoms. The molecule has 1 unspecified atom stereocenters. The number of amides is 1. The highest BCUT2D eigenvalue weighted by molar-refractivity contribution is 7.99. The molecule has 1 saturated heterocycles. The molecule has 1 atom stereocenters. The summed E-state index contributed by atoms with van der Waals surface area (Å²) in [5, 5.41) is 6.31. The van der Waals surface area contributed by atoms with Gasteiger partial charge in [-0.05, 0) is 24.3 Å². The van der Waals surface area contributed by atoms with Gasteiger partial charge in [0.05, 0.1) is 0 Å². The Kier molecular flexibility index (Phi) is 4.57. The van der Waals surface area contributed by atoms with Crippen LogP contribution in [-0.4, -0.2) is 40.0 Å². The second-order valence-electron chi connectivity index (χ2n) is 4.99. The van der Waals surface area contributed by atoms with Gasteiger partial charge in [0, 0.05) is 54.2 Å². The molecule has 3 rings (SSSR count). The molecule has 0 radical (unpaired) electrons. The fourth-order valence-corrected chi connectivity index (χ4v) is 3.27. The van der Waals surface area contributed by atoms with E-state index in [1.807, 2.05) is 36.0 Å². The molecule has 3 N–H and O–H groups in total. The average Bonchev–Trinajstić information content (AvgIpc) is 3.03. The zero-order chi connectivity index (χ0) is 14.5. The first-order valence-corrected chi connectivity index (χ1v) is 8.17. The van der Waals surface area contributed by atoms with Crippen molar-refractivity contribution in [2.75, 3.05) is 23.4 Å². The molecule has 110 valence electrons. The quantitative estimate of drug-likeness (QED) is 0.809. The van der Waals surface area contributed by atoms with Gasteiger partial charge >= 0.3 is 0 Å². The van der Waals surface area contributed by atoms with Gasteiger partial charge < -0.3 is 15.6 Å². The molecule has 2 heterocycles. The van der Waals surface area contributed by atoms with E-state index in [2.05, 4.69) is 20.6 Å². The van der Waals surface area contributed by atoms with Gasteiger partial charge in [0.1, 0.15) is 5.82 Å². The minimum Gasteiger partial charge on any atom is -0.345 e. The molecule has 1 fully saturated rings. The van der Waals surface area contributed by atoms with E-state index in [0.29, 0.717) is 6.42 Å². The smallest absolute Gasteiger partial charge is 0.225 e. The maximum atomic E-state index is 12.0. The number of anilines is 1. The van der Waals surface area contributed by atoms with Gasteiger partial charge in [-0.3, -0.25) is 4.79 Å². The van der Waals surface area contributed by atoms with E-state index in [9.17, 15) is 4.79 Å². The summed E-state index contributed by atoms with van der Waals surface area (Å²) in [6.07, 6.45) is 4.04. The fraction of sp³-hybridized carbons (Fsp3) is 0.333. The molecule has 6 heteroatoms. The van der Waals surface area contributed by atoms with Crippen LogP contribution in [0.25, 0.3) is 11.4 Å². The number of carbonyl (C=O) groups excluding carboxylic acids is 1. The summed E-state index contributed by atoms with van der Waals surface area (Å²) in [5.41, 5.74) is 1.82. The molecule has 1 aromatic heterocycles. The maximum Gasteiger partial charge on any atom is 0.225 e. The minimum atomic E-state index is 0.0562. The Morgan fingerprint density at radius 3 is 2.90 bits per heavy atom. The fourth-order valence-electron chi connectivity index (χ4n) is 2.32. The highest BCUT2D eigenvalue weighted by Crippen LogP contribution is 2.18. The van der Waals surface area contributed by atoms with Crippen LogP contribution in [0.3, 0.4) is 0 Å². The monoisotopic (exact) mass is 302 g/mol. The summed E-state index contributed by atoms with van der Waals surface area (Å²) in [4.78, 5) is 19.3. The standard InChI is InChI=1S/C15H18N4OS/c20-14(9-13-10-21-8-7-16-13)19-12-3-1-11(2-4-12)15-17-5-6-18-15/h1-6,13,16H,7-10H2,(H,17,18)(H,19,20). The largest absolute Gasteiger partial charge is 0.345 e. The minimum absolute atomic E-state index is 0.0562. The number of H-pyrrole nitrogens is 1. The predicted octanol–water partition coefficient (Wildman–Crippen LogP) is 2.11. The number of hydrogen-bond donors (Lipinski definition) is 3. The normalized spacial score (nSPS) is 18.4. The van der Waals surface area contributed by atoms with Crippen LogP contribution in [0.15, 0.2) is 36.7 Å². The number of nitrogens with one attached hydrogen (secondary N) is 3. The van der Waals surface area contributed by atoms with Crippen molar-refractivity contribution in [1.82, 2.24) is 15.3 Å². The molecule has 0 saturated carbocycles. The van der Waals surface area contributed by atoms with Crippen molar-refractivity contribution in [3.05, 3.63) is 36.7 Å². The third kappa shape index (κ3) is 3.86. The van der Waals surface area contributed by atoms with Crippen LogP contribution in [-0.2, 0) is 4.79 Å². The van der Waals surface area contributed by atoms with Crippen LogP contribution in [0.1, 0.15) is 6.42 Å². The molecule has 0 aliphatic carbocycles. The summed E-state index contributed by atoms with van der Waals surface area (Å²) in [5.74, 6) is 3.02. The van der Waals surface area contributed by atoms with E-state index in [4.69, 9.17) is 0 Å². The Bertz CT molecular complexity index is 576. The number of imidazole rings is 1. The highest BCUT2D eigenvalue weighted by Gasteiger charge is 2.16. The molecule has 1 amide bonds. The number of rotatable bonds is 4. The maximum absolute atomic E-state index is 12.0. The predicted molar refractivity (Wildman–Crippen MR) is 86.4 cm³/mol. The molecular weight excluding hydrogens is 284 g/mol. The van der Waals surface area contributed by atoms with Crippen LogP contribution in [0, 0.1) is 0 Å². The number of aromatic amines is 1. The Hall–Kier alpha value is -1.79. The Balaban J connectivity index is 1.56. The van der Waals surface area contributed by atoms with E-state index in [1.54, 1.807) is 12.4 Å². The first-order chi connectivity index (χ1) is 10.3. The number of carbonyl (C=O) groups is 1. The van der Waals surface area contributed by atoms with Crippen LogP contribution in [0.4, 0.5) is 5.69 Å². The van der Waals surface area contributed by atoms with E-state index in [1.165, 1.54) is 0 Å². The first-order valence-electron chi connectivity index (χ1n) is 7.02. The second-order valence-corrected chi connectivity index (χ2v) is 6.14. The third-order valence-electron chi connectivity index (χ3n) is 3.37. The van der Waals surface area contributed by atoms with E-state index >= 15 is 0 Å². The summed E-state index contributed by atoms with van der Waals surface area (Å²) < 4.78 is 0. The van der Waals surface area contributed by atoms with E-state index < -0.39 is 0 Å². The summed E-state index contributed by atoms with van der Waals surface area (Å²) in [6, 6.07) is 7.98. The lowest BCUT2D eigenvalue weighted by Gasteiger charge is -2.22. The molecule has 1 aliphatic rings. The number of benzene rings is 1. The van der Waals surface area contributed by atoms with E-state index in [-0.39, 0.29) is 11.9 Å². The van der Waals surface area contributed by atoms with Crippen molar-refractivity contribution in [2.45, 2.75) is 12.5 Å². The summed E-state index contributed by atoms with van der Waals surface area (Å²) in [6.45, 7) is 0.987. The number of aromatic nitrogens is 2. The van der Waals surface area contributed by atoms with Gasteiger partial charge in [-0.1, -0.05) is 0 Å². The second kappa shape index (κ2) is 6.78. The first kappa shape index (κ1) is 14.2. The summed E-state index contributed by atoms with van der Waals surface area (Å²) in [7, 11) is 0. The van der Waals surface area contributed by atoms with Crippen molar-refractivity contribution in [3.8, 4) is 11.4 Å². The van der Waals surface area contributed by atoms with Crippen LogP contribution in [0.2, 0.25) is 0 Å². The molecular formula is C15H18N4OS. The molecule has 2 aromatic rings. The molecule has 1 aromatic carbocycles. The lowest BCUT2D eigenvalue weighted by molar-refractivity contribution is -0.116. The highest BCUT2D eigenvalue weighted by atomic mass is 32.2. The number of nitrogens with zero attached hydrogens (tertiary/aromatic N) is 1. The van der Waals surface area contributed by atoms with Crippen molar-refractivity contribution >= 4 is 23.4 Å². The van der Waals surface area contributed by atoms with Crippen molar-refractivity contribution in [1.29, 1.82) is 0 Å². The van der Waals surface area contributed by atoms with Gasteiger partial charge in [0.25, 0.3) is 0 Å². The van der Waals surface area contributed by atoms with Gasteiger partial charge in [0.15, 0.2) is 0 Å². The third-order valence-corrected chi connectivity index (χ3v) is 4.50. The lowest BCUT2D eigenvalue weighted by atomic mass is 10.2. The van der Waals surface area contributed by atoms with Gasteiger partial charge in [0.2, 0.25) is 5.91 Å². The lowest BCUT2D eigenvalue weighted by Crippen LogP contribution is -2.39. The Labute approximate surface area is 127 Å². The van der Waals surface area contributed by atoms with Crippen LogP contribution >= 0.6 is 11.8 Å². The van der Waals surface area contributed by atoms with Crippen molar-refractivity contribution < 1.29 is 4.79 Å². The SMILES string of the molecule is O=C(CC1CSCCN1)Nc1ccc(-c2ncc[nH]2)cc1. The topological polar surface area (TPSA) is 69.8 Å². The van der Waals surface area contributed by atoms with Gasteiger partial charge in [-0.15, -0.1) is 0 Å². The van der Waals surface area contributed by atoms with Gasteiger partial charge in [-0.2, -0.15) is 11.8 Å². The average molecular weight is 302 g/mol.